The van der Waals surface area contributed by atoms with Gasteiger partial charge in [0.25, 0.3) is 5.91 Å². The first-order valence-electron chi connectivity index (χ1n) is 7.36. The van der Waals surface area contributed by atoms with E-state index in [4.69, 9.17) is 4.74 Å². The summed E-state index contributed by atoms with van der Waals surface area (Å²) in [7, 11) is 0. The van der Waals surface area contributed by atoms with E-state index in [0.29, 0.717) is 17.1 Å². The van der Waals surface area contributed by atoms with Crippen molar-refractivity contribution in [2.45, 2.75) is 26.9 Å². The predicted molar refractivity (Wildman–Crippen MR) is 90.6 cm³/mol. The van der Waals surface area contributed by atoms with E-state index in [2.05, 4.69) is 10.6 Å². The molecule has 0 aliphatic heterocycles. The molecule has 0 fully saturated rings. The molecular formula is C18H20N2O3. The van der Waals surface area contributed by atoms with E-state index in [-0.39, 0.29) is 11.8 Å². The number of rotatable bonds is 5. The summed E-state index contributed by atoms with van der Waals surface area (Å²) in [5, 5.41) is 5.45. The highest BCUT2D eigenvalue weighted by atomic mass is 16.5. The van der Waals surface area contributed by atoms with Gasteiger partial charge in [-0.2, -0.15) is 0 Å². The van der Waals surface area contributed by atoms with Gasteiger partial charge in [-0.15, -0.1) is 0 Å². The van der Waals surface area contributed by atoms with Crippen LogP contribution in [0.2, 0.25) is 0 Å². The van der Waals surface area contributed by atoms with E-state index >= 15 is 0 Å². The quantitative estimate of drug-likeness (QED) is 0.889. The van der Waals surface area contributed by atoms with Crippen LogP contribution in [-0.4, -0.2) is 17.9 Å². The van der Waals surface area contributed by atoms with Crippen molar-refractivity contribution in [3.05, 3.63) is 54.1 Å². The minimum Gasteiger partial charge on any atom is -0.481 e. The molecule has 2 N–H and O–H groups in total. The lowest BCUT2D eigenvalue weighted by Gasteiger charge is -2.15. The molecule has 23 heavy (non-hydrogen) atoms. The second-order valence-corrected chi connectivity index (χ2v) is 5.33. The van der Waals surface area contributed by atoms with E-state index in [1.54, 1.807) is 31.2 Å². The number of hydrogen-bond donors (Lipinski definition) is 2. The van der Waals surface area contributed by atoms with Gasteiger partial charge in [0.15, 0.2) is 6.10 Å². The monoisotopic (exact) mass is 312 g/mol. The van der Waals surface area contributed by atoms with Crippen molar-refractivity contribution in [2.24, 2.45) is 0 Å². The summed E-state index contributed by atoms with van der Waals surface area (Å²) in [4.78, 5) is 23.3. The maximum atomic E-state index is 12.2. The van der Waals surface area contributed by atoms with Crippen LogP contribution in [0, 0.1) is 6.92 Å². The van der Waals surface area contributed by atoms with Crippen molar-refractivity contribution >= 4 is 23.2 Å². The first-order valence-corrected chi connectivity index (χ1v) is 7.36. The summed E-state index contributed by atoms with van der Waals surface area (Å²) >= 11 is 0. The number of amides is 2. The molecule has 120 valence electrons. The third-order valence-electron chi connectivity index (χ3n) is 3.12. The third-order valence-corrected chi connectivity index (χ3v) is 3.12. The summed E-state index contributed by atoms with van der Waals surface area (Å²) < 4.78 is 5.64. The maximum Gasteiger partial charge on any atom is 0.265 e. The molecule has 2 amide bonds. The Kier molecular flexibility index (Phi) is 5.36. The molecule has 1 atom stereocenters. The van der Waals surface area contributed by atoms with Gasteiger partial charge in [-0.05, 0) is 49.7 Å². The molecule has 0 spiro atoms. The molecule has 5 heteroatoms. The molecule has 0 radical (unpaired) electrons. The molecule has 0 saturated heterocycles. The summed E-state index contributed by atoms with van der Waals surface area (Å²) in [5.74, 6) is 0.232. The molecule has 2 aromatic carbocycles. The summed E-state index contributed by atoms with van der Waals surface area (Å²) in [6.07, 6.45) is -0.638. The Morgan fingerprint density at radius 2 is 1.65 bits per heavy atom. The molecule has 0 bridgehead atoms. The number of ether oxygens (including phenoxy) is 1. The van der Waals surface area contributed by atoms with Crippen molar-refractivity contribution in [1.82, 2.24) is 0 Å². The second kappa shape index (κ2) is 7.45. The minimum atomic E-state index is -0.638. The molecule has 0 aliphatic rings. The van der Waals surface area contributed by atoms with Crippen LogP contribution < -0.4 is 15.4 Å². The first-order chi connectivity index (χ1) is 10.9. The highest BCUT2D eigenvalue weighted by Gasteiger charge is 2.15. The Bertz CT molecular complexity index is 713. The van der Waals surface area contributed by atoms with Crippen LogP contribution in [-0.2, 0) is 9.59 Å². The number of carbonyl (C=O) groups is 2. The van der Waals surface area contributed by atoms with Crippen LogP contribution in [0.4, 0.5) is 11.4 Å². The Balaban J connectivity index is 1.99. The molecule has 0 unspecified atom stereocenters. The molecule has 2 rings (SSSR count). The van der Waals surface area contributed by atoms with Gasteiger partial charge >= 0.3 is 0 Å². The van der Waals surface area contributed by atoms with Crippen LogP contribution in [0.1, 0.15) is 19.4 Å². The molecular weight excluding hydrogens is 292 g/mol. The summed E-state index contributed by atoms with van der Waals surface area (Å²) in [5.41, 5.74) is 2.29. The highest BCUT2D eigenvalue weighted by Crippen LogP contribution is 2.17. The van der Waals surface area contributed by atoms with Gasteiger partial charge < -0.3 is 15.4 Å². The van der Waals surface area contributed by atoms with Crippen LogP contribution in [0.5, 0.6) is 5.75 Å². The van der Waals surface area contributed by atoms with Crippen molar-refractivity contribution in [3.8, 4) is 5.75 Å². The van der Waals surface area contributed by atoms with E-state index < -0.39 is 6.10 Å². The number of anilines is 2. The Hall–Kier alpha value is -2.82. The van der Waals surface area contributed by atoms with Crippen molar-refractivity contribution in [1.29, 1.82) is 0 Å². The topological polar surface area (TPSA) is 67.4 Å². The highest BCUT2D eigenvalue weighted by molar-refractivity contribution is 5.95. The lowest BCUT2D eigenvalue weighted by atomic mass is 10.2. The van der Waals surface area contributed by atoms with E-state index in [9.17, 15) is 9.59 Å². The van der Waals surface area contributed by atoms with Gasteiger partial charge in [0.1, 0.15) is 5.75 Å². The predicted octanol–water partition coefficient (Wildman–Crippen LogP) is 3.36. The zero-order chi connectivity index (χ0) is 16.8. The van der Waals surface area contributed by atoms with Gasteiger partial charge in [-0.1, -0.05) is 18.2 Å². The Morgan fingerprint density at radius 1 is 1.00 bits per heavy atom. The van der Waals surface area contributed by atoms with Crippen LogP contribution in [0.25, 0.3) is 0 Å². The normalized spacial score (nSPS) is 11.4. The molecule has 0 heterocycles. The lowest BCUT2D eigenvalue weighted by molar-refractivity contribution is -0.122. The third kappa shape index (κ3) is 5.14. The number of nitrogens with one attached hydrogen (secondary N) is 2. The van der Waals surface area contributed by atoms with Crippen LogP contribution in [0.15, 0.2) is 48.5 Å². The largest absolute Gasteiger partial charge is 0.481 e. The SMILES string of the molecule is CC(=O)Nc1cccc(NC(=O)[C@@H](C)Oc2cccc(C)c2)c1. The number of hydrogen-bond acceptors (Lipinski definition) is 3. The molecule has 0 saturated carbocycles. The fraction of sp³-hybridized carbons (Fsp3) is 0.222. The fourth-order valence-electron chi connectivity index (χ4n) is 2.07. The van der Waals surface area contributed by atoms with E-state index in [1.807, 2.05) is 31.2 Å². The van der Waals surface area contributed by atoms with Gasteiger partial charge in [0.2, 0.25) is 5.91 Å². The Morgan fingerprint density at radius 3 is 2.30 bits per heavy atom. The van der Waals surface area contributed by atoms with Crippen molar-refractivity contribution in [3.63, 3.8) is 0 Å². The lowest BCUT2D eigenvalue weighted by Crippen LogP contribution is -2.30. The van der Waals surface area contributed by atoms with Crippen molar-refractivity contribution < 1.29 is 14.3 Å². The zero-order valence-electron chi connectivity index (χ0n) is 13.4. The van der Waals surface area contributed by atoms with E-state index in [0.717, 1.165) is 5.56 Å². The molecule has 5 nitrogen and oxygen atoms in total. The standard InChI is InChI=1S/C18H20N2O3/c1-12-6-4-9-17(10-12)23-13(2)18(22)20-16-8-5-7-15(11-16)19-14(3)21/h4-11,13H,1-3H3,(H,19,21)(H,20,22)/t13-/m1/s1. The zero-order valence-corrected chi connectivity index (χ0v) is 13.4. The van der Waals surface area contributed by atoms with Gasteiger partial charge in [-0.25, -0.2) is 0 Å². The smallest absolute Gasteiger partial charge is 0.265 e. The average Bonchev–Trinajstić information content (AvgIpc) is 2.46. The minimum absolute atomic E-state index is 0.162. The van der Waals surface area contributed by atoms with Crippen LogP contribution >= 0.6 is 0 Å². The summed E-state index contributed by atoms with van der Waals surface area (Å²) in [6.45, 7) is 5.09. The van der Waals surface area contributed by atoms with Gasteiger partial charge in [-0.3, -0.25) is 9.59 Å². The Labute approximate surface area is 135 Å². The average molecular weight is 312 g/mol. The van der Waals surface area contributed by atoms with Gasteiger partial charge in [0, 0.05) is 18.3 Å². The fourth-order valence-corrected chi connectivity index (χ4v) is 2.07. The number of aryl methyl sites for hydroxylation is 1. The maximum absolute atomic E-state index is 12.2. The van der Waals surface area contributed by atoms with Crippen LogP contribution in [0.3, 0.4) is 0 Å². The summed E-state index contributed by atoms with van der Waals surface area (Å²) in [6, 6.07) is 14.5. The number of benzene rings is 2. The second-order valence-electron chi connectivity index (χ2n) is 5.33. The molecule has 2 aromatic rings. The molecule has 0 aromatic heterocycles. The molecule has 0 aliphatic carbocycles. The van der Waals surface area contributed by atoms with Crippen molar-refractivity contribution in [2.75, 3.05) is 10.6 Å². The first kappa shape index (κ1) is 16.5. The number of carbonyl (C=O) groups excluding carboxylic acids is 2. The van der Waals surface area contributed by atoms with E-state index in [1.165, 1.54) is 6.92 Å². The van der Waals surface area contributed by atoms with Gasteiger partial charge in [0.05, 0.1) is 0 Å².